The van der Waals surface area contributed by atoms with Crippen LogP contribution in [-0.2, 0) is 11.8 Å². The lowest BCUT2D eigenvalue weighted by Crippen LogP contribution is -2.33. The number of carbonyl (C=O) groups is 1. The number of para-hydroxylation sites is 1. The Kier molecular flexibility index (Phi) is 6.54. The molecule has 2 N–H and O–H groups in total. The Morgan fingerprint density at radius 1 is 1.08 bits per heavy atom. The lowest BCUT2D eigenvalue weighted by Gasteiger charge is -2.12. The number of aromatic nitrogens is 4. The third-order valence-electron chi connectivity index (χ3n) is 5.99. The van der Waals surface area contributed by atoms with E-state index in [4.69, 9.17) is 12.2 Å². The average Bonchev–Trinajstić information content (AvgIpc) is 3.29. The number of pyridine rings is 1. The van der Waals surface area contributed by atoms with Crippen molar-refractivity contribution in [3.63, 3.8) is 0 Å². The molecule has 1 aromatic carbocycles. The highest BCUT2D eigenvalue weighted by molar-refractivity contribution is 8.27. The number of hydrogen-bond donors (Lipinski definition) is 2. The van der Waals surface area contributed by atoms with Gasteiger partial charge in [0.05, 0.1) is 28.5 Å². The molecule has 0 unspecified atom stereocenters. The van der Waals surface area contributed by atoms with Gasteiger partial charge in [-0.1, -0.05) is 48.2 Å². The quantitative estimate of drug-likeness (QED) is 0.286. The van der Waals surface area contributed by atoms with Crippen molar-refractivity contribution in [3.8, 4) is 5.69 Å². The molecule has 5 rings (SSSR count). The highest BCUT2D eigenvalue weighted by atomic mass is 32.2. The van der Waals surface area contributed by atoms with Crippen LogP contribution >= 0.6 is 24.0 Å². The summed E-state index contributed by atoms with van der Waals surface area (Å²) in [5, 5.41) is 12.2. The second-order valence-electron chi connectivity index (χ2n) is 8.19. The third kappa shape index (κ3) is 4.18. The molecule has 0 aliphatic carbocycles. The highest BCUT2D eigenvalue weighted by Crippen LogP contribution is 2.36. The number of nitrogens with one attached hydrogen (secondary N) is 1. The van der Waals surface area contributed by atoms with Gasteiger partial charge in [-0.2, -0.15) is 0 Å². The van der Waals surface area contributed by atoms with Gasteiger partial charge < -0.3 is 10.4 Å². The Morgan fingerprint density at radius 3 is 2.54 bits per heavy atom. The summed E-state index contributed by atoms with van der Waals surface area (Å²) < 4.78 is 4.70. The molecule has 0 atom stereocenters. The minimum atomic E-state index is -0.508. The molecule has 0 spiro atoms. The predicted octanol–water partition coefficient (Wildman–Crippen LogP) is 2.30. The van der Waals surface area contributed by atoms with Crippen molar-refractivity contribution in [2.45, 2.75) is 6.92 Å². The number of benzene rings is 1. The number of aliphatic hydroxyl groups is 1. The minimum Gasteiger partial charge on any atom is -0.395 e. The third-order valence-corrected chi connectivity index (χ3v) is 7.29. The van der Waals surface area contributed by atoms with Crippen LogP contribution in [0.25, 0.3) is 17.4 Å². The maximum Gasteiger partial charge on any atom is 0.296 e. The zero-order valence-electron chi connectivity index (χ0n) is 19.9. The Hall–Kier alpha value is -4.00. The van der Waals surface area contributed by atoms with E-state index >= 15 is 0 Å². The van der Waals surface area contributed by atoms with Crippen molar-refractivity contribution in [2.24, 2.45) is 7.05 Å². The Bertz CT molecular complexity index is 1700. The normalized spacial score (nSPS) is 14.8. The number of nitrogens with zero attached hydrogens (tertiary/aromatic N) is 5. The molecular weight excluding hydrogens is 512 g/mol. The highest BCUT2D eigenvalue weighted by Gasteiger charge is 2.38. The molecule has 10 nitrogen and oxygen atoms in total. The predicted molar refractivity (Wildman–Crippen MR) is 148 cm³/mol. The lowest BCUT2D eigenvalue weighted by molar-refractivity contribution is -0.113. The van der Waals surface area contributed by atoms with E-state index in [0.29, 0.717) is 17.0 Å². The minimum absolute atomic E-state index is 0.143. The van der Waals surface area contributed by atoms with E-state index in [2.05, 4.69) is 10.3 Å². The van der Waals surface area contributed by atoms with Crippen LogP contribution in [-0.4, -0.2) is 47.2 Å². The number of rotatable bonds is 6. The number of anilines is 2. The van der Waals surface area contributed by atoms with E-state index in [0.717, 1.165) is 11.8 Å². The molecule has 4 aromatic rings. The first kappa shape index (κ1) is 24.7. The molecule has 3 aromatic heterocycles. The van der Waals surface area contributed by atoms with Crippen LogP contribution in [0.1, 0.15) is 11.3 Å². The largest absolute Gasteiger partial charge is 0.395 e. The van der Waals surface area contributed by atoms with Gasteiger partial charge in [0.1, 0.15) is 17.2 Å². The van der Waals surface area contributed by atoms with Crippen LogP contribution in [0.3, 0.4) is 0 Å². The van der Waals surface area contributed by atoms with Crippen LogP contribution in [0.5, 0.6) is 0 Å². The standard InChI is InChI=1S/C25H22N6O4S2/c1-15-20(24(35)31(28(15)2)16-8-4-3-5-9-16)30-23(34)18(37-25(30)36)14-17-21(26-11-13-32)27-19-10-6-7-12-29(19)22(17)33/h3-10,12,14,26,32H,11,13H2,1-2H3/b18-14+. The zero-order valence-corrected chi connectivity index (χ0v) is 21.5. The summed E-state index contributed by atoms with van der Waals surface area (Å²) in [5.41, 5.74) is 1.15. The number of thiocarbonyl (C=S) groups is 1. The first-order valence-electron chi connectivity index (χ1n) is 11.3. The van der Waals surface area contributed by atoms with Crippen molar-refractivity contribution in [2.75, 3.05) is 23.4 Å². The van der Waals surface area contributed by atoms with E-state index < -0.39 is 11.5 Å². The number of aliphatic hydroxyl groups excluding tert-OH is 1. The molecule has 1 amide bonds. The van der Waals surface area contributed by atoms with E-state index in [1.165, 1.54) is 20.1 Å². The monoisotopic (exact) mass is 534 g/mol. The molecule has 12 heteroatoms. The maximum absolute atomic E-state index is 13.6. The lowest BCUT2D eigenvalue weighted by atomic mass is 10.2. The second-order valence-corrected chi connectivity index (χ2v) is 9.86. The number of fused-ring (bicyclic) bond motifs is 1. The Morgan fingerprint density at radius 2 is 1.81 bits per heavy atom. The number of carbonyl (C=O) groups excluding carboxylic acids is 1. The van der Waals surface area contributed by atoms with Gasteiger partial charge in [-0.3, -0.25) is 28.4 Å². The molecule has 1 aliphatic heterocycles. The van der Waals surface area contributed by atoms with Gasteiger partial charge in [0, 0.05) is 19.8 Å². The average molecular weight is 535 g/mol. The number of amides is 1. The van der Waals surface area contributed by atoms with Gasteiger partial charge in [0.2, 0.25) is 0 Å². The molecule has 1 aliphatic rings. The van der Waals surface area contributed by atoms with Crippen molar-refractivity contribution < 1.29 is 9.90 Å². The van der Waals surface area contributed by atoms with Gasteiger partial charge in [-0.25, -0.2) is 9.67 Å². The maximum atomic E-state index is 13.6. The van der Waals surface area contributed by atoms with Crippen molar-refractivity contribution >= 4 is 57.4 Å². The van der Waals surface area contributed by atoms with Gasteiger partial charge in [0.25, 0.3) is 17.0 Å². The molecule has 0 saturated carbocycles. The fraction of sp³-hybridized carbons (Fsp3) is 0.160. The van der Waals surface area contributed by atoms with E-state index in [1.54, 1.807) is 55.2 Å². The topological polar surface area (TPSA) is 114 Å². The van der Waals surface area contributed by atoms with Crippen molar-refractivity contribution in [1.29, 1.82) is 0 Å². The van der Waals surface area contributed by atoms with E-state index in [-0.39, 0.29) is 45.0 Å². The van der Waals surface area contributed by atoms with Crippen LogP contribution in [0.4, 0.5) is 11.5 Å². The fourth-order valence-corrected chi connectivity index (χ4v) is 5.40. The van der Waals surface area contributed by atoms with Crippen LogP contribution < -0.4 is 21.3 Å². The molecular formula is C25H22N6O4S2. The summed E-state index contributed by atoms with van der Waals surface area (Å²) in [7, 11) is 1.74. The molecule has 1 saturated heterocycles. The molecule has 1 fully saturated rings. The first-order chi connectivity index (χ1) is 17.8. The fourth-order valence-electron chi connectivity index (χ4n) is 4.15. The summed E-state index contributed by atoms with van der Waals surface area (Å²) in [4.78, 5) is 46.3. The van der Waals surface area contributed by atoms with E-state index in [1.807, 2.05) is 18.2 Å². The summed E-state index contributed by atoms with van der Waals surface area (Å²) >= 11 is 6.52. The summed E-state index contributed by atoms with van der Waals surface area (Å²) in [6.07, 6.45) is 3.02. The van der Waals surface area contributed by atoms with Gasteiger partial charge in [-0.05, 0) is 37.3 Å². The molecule has 0 bridgehead atoms. The number of thioether (sulfide) groups is 1. The molecule has 0 radical (unpaired) electrons. The summed E-state index contributed by atoms with van der Waals surface area (Å²) in [5.74, 6) is -0.274. The first-order valence-corrected chi connectivity index (χ1v) is 12.5. The Labute approximate surface area is 220 Å². The van der Waals surface area contributed by atoms with Gasteiger partial charge in [0.15, 0.2) is 4.32 Å². The molecule has 188 valence electrons. The summed E-state index contributed by atoms with van der Waals surface area (Å²) in [6.45, 7) is 1.74. The van der Waals surface area contributed by atoms with Crippen molar-refractivity contribution in [3.05, 3.63) is 91.6 Å². The van der Waals surface area contributed by atoms with Crippen LogP contribution in [0.2, 0.25) is 0 Å². The zero-order chi connectivity index (χ0) is 26.3. The second kappa shape index (κ2) is 9.81. The molecule has 4 heterocycles. The van der Waals surface area contributed by atoms with Crippen LogP contribution in [0.15, 0.2) is 69.2 Å². The van der Waals surface area contributed by atoms with Crippen molar-refractivity contribution in [1.82, 2.24) is 18.7 Å². The Balaban J connectivity index is 1.61. The van der Waals surface area contributed by atoms with Gasteiger partial charge >= 0.3 is 0 Å². The molecule has 37 heavy (non-hydrogen) atoms. The smallest absolute Gasteiger partial charge is 0.296 e. The SMILES string of the molecule is Cc1c(N2C(=O)/C(=C\c3c(NCCO)nc4ccccn4c3=O)SC2=S)c(=O)n(-c2ccccc2)n1C. The van der Waals surface area contributed by atoms with E-state index in [9.17, 15) is 19.5 Å². The van der Waals surface area contributed by atoms with Crippen LogP contribution in [0, 0.1) is 6.92 Å². The number of hydrogen-bond acceptors (Lipinski definition) is 8. The van der Waals surface area contributed by atoms with Gasteiger partial charge in [-0.15, -0.1) is 0 Å². The summed E-state index contributed by atoms with van der Waals surface area (Å²) in [6, 6.07) is 14.3.